The summed E-state index contributed by atoms with van der Waals surface area (Å²) < 4.78 is 70.7. The highest BCUT2D eigenvalue weighted by Crippen LogP contribution is 2.34. The highest BCUT2D eigenvalue weighted by Gasteiger charge is 2.39. The molecule has 140 valence electrons. The average molecular weight is 404 g/mol. The Morgan fingerprint density at radius 2 is 1.88 bits per heavy atom. The van der Waals surface area contributed by atoms with Crippen LogP contribution in [0.1, 0.15) is 18.1 Å². The number of benzene rings is 1. The molecular weight excluding hydrogens is 389 g/mol. The number of halogens is 3. The monoisotopic (exact) mass is 404 g/mol. The molecule has 1 aromatic carbocycles. The molecule has 0 spiro atoms. The minimum atomic E-state index is -4.85. The van der Waals surface area contributed by atoms with Crippen molar-refractivity contribution in [3.05, 3.63) is 59.9 Å². The molecule has 0 unspecified atom stereocenters. The van der Waals surface area contributed by atoms with Crippen LogP contribution in [-0.2, 0) is 27.5 Å². The molecule has 1 aromatic heterocycles. The predicted octanol–water partition coefficient (Wildman–Crippen LogP) is 3.61. The lowest BCUT2D eigenvalue weighted by Crippen LogP contribution is -2.38. The summed E-state index contributed by atoms with van der Waals surface area (Å²) in [7, 11) is -4.58. The number of ether oxygens (including phenoxy) is 1. The Kier molecular flexibility index (Phi) is 6.19. The molecule has 0 saturated heterocycles. The van der Waals surface area contributed by atoms with E-state index in [2.05, 4.69) is 4.98 Å². The Bertz CT molecular complexity index is 872. The van der Waals surface area contributed by atoms with E-state index in [0.717, 1.165) is 11.8 Å². The van der Waals surface area contributed by atoms with Gasteiger partial charge in [-0.25, -0.2) is 12.7 Å². The third-order valence-electron chi connectivity index (χ3n) is 3.35. The molecule has 0 fully saturated rings. The van der Waals surface area contributed by atoms with Gasteiger partial charge in [0.2, 0.25) is 0 Å². The van der Waals surface area contributed by atoms with E-state index in [1.807, 2.05) is 0 Å². The second kappa shape index (κ2) is 8.00. The van der Waals surface area contributed by atoms with Gasteiger partial charge in [0, 0.05) is 18.9 Å². The van der Waals surface area contributed by atoms with Crippen LogP contribution in [-0.4, -0.2) is 29.4 Å². The summed E-state index contributed by atoms with van der Waals surface area (Å²) in [6.45, 7) is 1.24. The van der Waals surface area contributed by atoms with Crippen LogP contribution in [0.15, 0.2) is 53.7 Å². The second-order valence-electron chi connectivity index (χ2n) is 5.08. The summed E-state index contributed by atoms with van der Waals surface area (Å²) in [4.78, 5) is 2.53. The van der Waals surface area contributed by atoms with Crippen LogP contribution >= 0.6 is 12.2 Å². The number of nitrogens with zero attached hydrogens (tertiary/aromatic N) is 2. The molecule has 0 aliphatic rings. The van der Waals surface area contributed by atoms with Crippen LogP contribution in [0.4, 0.5) is 13.2 Å². The summed E-state index contributed by atoms with van der Waals surface area (Å²) in [6.07, 6.45) is -3.32. The Labute approximate surface area is 154 Å². The molecule has 2 rings (SSSR count). The maximum absolute atomic E-state index is 13.1. The largest absolute Gasteiger partial charge is 0.465 e. The van der Waals surface area contributed by atoms with Crippen molar-refractivity contribution < 1.29 is 26.3 Å². The lowest BCUT2D eigenvalue weighted by molar-refractivity contribution is -0.140. The number of pyridine rings is 1. The molecule has 0 amide bonds. The van der Waals surface area contributed by atoms with E-state index < -0.39 is 31.8 Å². The summed E-state index contributed by atoms with van der Waals surface area (Å²) in [6, 6.07) is 9.43. The lowest BCUT2D eigenvalue weighted by Gasteiger charge is -2.24. The standard InChI is InChI=1S/C16H15F3N2O3S2/c1-2-21(15(25)24-11-12-6-4-3-5-7-12)26(22,23)14-10-20-9-8-13(14)16(17,18)19/h3-10H,2,11H2,1H3. The summed E-state index contributed by atoms with van der Waals surface area (Å²) in [5.41, 5.74) is -0.572. The van der Waals surface area contributed by atoms with Gasteiger partial charge in [-0.3, -0.25) is 4.98 Å². The minimum absolute atomic E-state index is 0.00907. The number of sulfonamides is 1. The van der Waals surface area contributed by atoms with Gasteiger partial charge in [0.25, 0.3) is 15.2 Å². The molecule has 0 atom stereocenters. The highest BCUT2D eigenvalue weighted by molar-refractivity contribution is 7.91. The van der Waals surface area contributed by atoms with Crippen LogP contribution in [0.2, 0.25) is 0 Å². The fraction of sp³-hybridized carbons (Fsp3) is 0.250. The second-order valence-corrected chi connectivity index (χ2v) is 7.26. The first-order valence-electron chi connectivity index (χ1n) is 7.42. The van der Waals surface area contributed by atoms with Crippen molar-refractivity contribution in [2.75, 3.05) is 6.54 Å². The Morgan fingerprint density at radius 3 is 2.46 bits per heavy atom. The van der Waals surface area contributed by atoms with Gasteiger partial charge in [0.1, 0.15) is 11.5 Å². The first-order chi connectivity index (χ1) is 12.2. The molecule has 0 radical (unpaired) electrons. The summed E-state index contributed by atoms with van der Waals surface area (Å²) in [5.74, 6) is 0. The van der Waals surface area contributed by atoms with Crippen LogP contribution in [0.3, 0.4) is 0 Å². The number of aromatic nitrogens is 1. The Balaban J connectivity index is 2.30. The molecule has 0 aliphatic carbocycles. The van der Waals surface area contributed by atoms with E-state index in [1.165, 1.54) is 6.92 Å². The van der Waals surface area contributed by atoms with Crippen LogP contribution in [0, 0.1) is 0 Å². The predicted molar refractivity (Wildman–Crippen MR) is 92.6 cm³/mol. The fourth-order valence-corrected chi connectivity index (χ4v) is 4.09. The highest BCUT2D eigenvalue weighted by atomic mass is 32.2. The maximum atomic E-state index is 13.1. The summed E-state index contributed by atoms with van der Waals surface area (Å²) >= 11 is 4.98. The van der Waals surface area contributed by atoms with E-state index >= 15 is 0 Å². The number of rotatable bonds is 5. The summed E-state index contributed by atoms with van der Waals surface area (Å²) in [5, 5.41) is -0.437. The number of hydrogen-bond donors (Lipinski definition) is 0. The quantitative estimate of drug-likeness (QED) is 0.713. The van der Waals surface area contributed by atoms with Crippen LogP contribution < -0.4 is 0 Å². The third-order valence-corrected chi connectivity index (χ3v) is 5.69. The van der Waals surface area contributed by atoms with E-state index in [1.54, 1.807) is 30.3 Å². The van der Waals surface area contributed by atoms with E-state index in [9.17, 15) is 21.6 Å². The van der Waals surface area contributed by atoms with Gasteiger partial charge in [0.05, 0.1) is 5.56 Å². The van der Waals surface area contributed by atoms with Gasteiger partial charge < -0.3 is 4.74 Å². The SMILES string of the molecule is CCN(C(=S)OCc1ccccc1)S(=O)(=O)c1cnccc1C(F)(F)F. The average Bonchev–Trinajstić information content (AvgIpc) is 2.60. The molecule has 0 bridgehead atoms. The van der Waals surface area contributed by atoms with Gasteiger partial charge in [-0.2, -0.15) is 13.2 Å². The minimum Gasteiger partial charge on any atom is -0.465 e. The first-order valence-corrected chi connectivity index (χ1v) is 9.27. The van der Waals surface area contributed by atoms with Crippen molar-refractivity contribution in [1.29, 1.82) is 0 Å². The van der Waals surface area contributed by atoms with Gasteiger partial charge in [-0.05, 0) is 30.8 Å². The van der Waals surface area contributed by atoms with Gasteiger partial charge in [-0.1, -0.05) is 30.3 Å². The maximum Gasteiger partial charge on any atom is 0.417 e. The smallest absolute Gasteiger partial charge is 0.417 e. The zero-order valence-corrected chi connectivity index (χ0v) is 15.2. The molecule has 0 aliphatic heterocycles. The van der Waals surface area contributed by atoms with Gasteiger partial charge >= 0.3 is 6.18 Å². The normalized spacial score (nSPS) is 11.8. The van der Waals surface area contributed by atoms with Gasteiger partial charge in [0.15, 0.2) is 0 Å². The van der Waals surface area contributed by atoms with Crippen molar-refractivity contribution in [3.63, 3.8) is 0 Å². The zero-order chi connectivity index (χ0) is 19.4. The van der Waals surface area contributed by atoms with Crippen molar-refractivity contribution in [1.82, 2.24) is 9.29 Å². The number of hydrogen-bond acceptors (Lipinski definition) is 5. The molecule has 1 heterocycles. The number of alkyl halides is 3. The zero-order valence-electron chi connectivity index (χ0n) is 13.6. The lowest BCUT2D eigenvalue weighted by atomic mass is 10.2. The van der Waals surface area contributed by atoms with E-state index in [-0.39, 0.29) is 13.2 Å². The van der Waals surface area contributed by atoms with Crippen molar-refractivity contribution in [2.24, 2.45) is 0 Å². The Morgan fingerprint density at radius 1 is 1.23 bits per heavy atom. The van der Waals surface area contributed by atoms with Gasteiger partial charge in [-0.15, -0.1) is 0 Å². The first kappa shape index (κ1) is 20.1. The molecule has 26 heavy (non-hydrogen) atoms. The van der Waals surface area contributed by atoms with E-state index in [0.29, 0.717) is 16.6 Å². The fourth-order valence-electron chi connectivity index (χ4n) is 2.13. The molecule has 10 heteroatoms. The topological polar surface area (TPSA) is 59.5 Å². The third kappa shape index (κ3) is 4.50. The Hall–Kier alpha value is -2.20. The molecule has 0 saturated carbocycles. The molecular formula is C16H15F3N2O3S2. The number of thiocarbonyl (C=S) groups is 1. The molecule has 2 aromatic rings. The van der Waals surface area contributed by atoms with Crippen molar-refractivity contribution in [3.8, 4) is 0 Å². The molecule has 5 nitrogen and oxygen atoms in total. The van der Waals surface area contributed by atoms with Crippen LogP contribution in [0.5, 0.6) is 0 Å². The van der Waals surface area contributed by atoms with Crippen molar-refractivity contribution >= 4 is 27.4 Å². The van der Waals surface area contributed by atoms with E-state index in [4.69, 9.17) is 17.0 Å². The van der Waals surface area contributed by atoms with Crippen LogP contribution in [0.25, 0.3) is 0 Å². The molecule has 0 N–H and O–H groups in total. The van der Waals surface area contributed by atoms with Crippen molar-refractivity contribution in [2.45, 2.75) is 24.6 Å².